The van der Waals surface area contributed by atoms with Crippen LogP contribution in [0.15, 0.2) is 18.2 Å². The molecule has 1 aliphatic heterocycles. The number of halogens is 2. The summed E-state index contributed by atoms with van der Waals surface area (Å²) in [5.74, 6) is 0.384. The van der Waals surface area contributed by atoms with Crippen molar-refractivity contribution in [1.29, 1.82) is 0 Å². The Labute approximate surface area is 147 Å². The molecule has 1 aromatic rings. The number of rotatable bonds is 4. The molecule has 5 nitrogen and oxygen atoms in total. The molecule has 1 fully saturated rings. The number of piperidine rings is 1. The first-order chi connectivity index (χ1) is 10.7. The molecule has 1 aliphatic rings. The lowest BCUT2D eigenvalue weighted by molar-refractivity contribution is -0.130. The van der Waals surface area contributed by atoms with Crippen LogP contribution in [0.5, 0.6) is 0 Å². The number of anilines is 1. The lowest BCUT2D eigenvalue weighted by atomic mass is 9.99. The van der Waals surface area contributed by atoms with E-state index < -0.39 is 10.0 Å². The largest absolute Gasteiger partial charge is 0.341 e. The Morgan fingerprint density at radius 2 is 1.74 bits per heavy atom. The number of carbonyl (C=O) groups excluding carboxylic acids is 1. The second-order valence-electron chi connectivity index (χ2n) is 5.96. The monoisotopic (exact) mass is 378 g/mol. The smallest absolute Gasteiger partial charge is 0.243 e. The SMILES string of the molecule is CC1CCN(C(=O)CN(c2cc(Cl)cc(Cl)c2)S(C)(=O)=O)CC1. The molecule has 8 heteroatoms. The van der Waals surface area contributed by atoms with Crippen LogP contribution in [-0.4, -0.2) is 45.1 Å². The number of benzene rings is 1. The highest BCUT2D eigenvalue weighted by atomic mass is 35.5. The van der Waals surface area contributed by atoms with Gasteiger partial charge in [0.15, 0.2) is 0 Å². The summed E-state index contributed by atoms with van der Waals surface area (Å²) in [6.45, 7) is 3.23. The van der Waals surface area contributed by atoms with Crippen LogP contribution in [0.25, 0.3) is 0 Å². The van der Waals surface area contributed by atoms with Crippen LogP contribution in [0.4, 0.5) is 5.69 Å². The first-order valence-electron chi connectivity index (χ1n) is 7.38. The van der Waals surface area contributed by atoms with Crippen molar-refractivity contribution in [3.05, 3.63) is 28.2 Å². The summed E-state index contributed by atoms with van der Waals surface area (Å²) >= 11 is 11.9. The molecule has 0 aromatic heterocycles. The van der Waals surface area contributed by atoms with Gasteiger partial charge in [0.2, 0.25) is 15.9 Å². The van der Waals surface area contributed by atoms with Gasteiger partial charge in [0, 0.05) is 23.1 Å². The van der Waals surface area contributed by atoms with Crippen LogP contribution < -0.4 is 4.31 Å². The summed E-state index contributed by atoms with van der Waals surface area (Å²) in [5.41, 5.74) is 0.295. The summed E-state index contributed by atoms with van der Waals surface area (Å²) in [6.07, 6.45) is 2.94. The molecule has 23 heavy (non-hydrogen) atoms. The van der Waals surface area contributed by atoms with Crippen molar-refractivity contribution >= 4 is 44.8 Å². The van der Waals surface area contributed by atoms with Crippen molar-refractivity contribution < 1.29 is 13.2 Å². The predicted molar refractivity (Wildman–Crippen MR) is 93.6 cm³/mol. The molecule has 0 N–H and O–H groups in total. The van der Waals surface area contributed by atoms with Gasteiger partial charge in [-0.05, 0) is 37.0 Å². The number of carbonyl (C=O) groups is 1. The van der Waals surface area contributed by atoms with Gasteiger partial charge in [0.1, 0.15) is 6.54 Å². The van der Waals surface area contributed by atoms with Crippen LogP contribution in [0.2, 0.25) is 10.0 Å². The second kappa shape index (κ2) is 7.28. The molecule has 128 valence electrons. The van der Waals surface area contributed by atoms with Crippen LogP contribution in [0, 0.1) is 5.92 Å². The third-order valence-electron chi connectivity index (χ3n) is 3.95. The van der Waals surface area contributed by atoms with Gasteiger partial charge in [0.25, 0.3) is 0 Å². The first-order valence-corrected chi connectivity index (χ1v) is 9.99. The molecule has 0 aliphatic carbocycles. The fourth-order valence-electron chi connectivity index (χ4n) is 2.56. The zero-order valence-electron chi connectivity index (χ0n) is 13.1. The van der Waals surface area contributed by atoms with Crippen LogP contribution in [0.3, 0.4) is 0 Å². The summed E-state index contributed by atoms with van der Waals surface area (Å²) in [7, 11) is -3.63. The highest BCUT2D eigenvalue weighted by Gasteiger charge is 2.26. The number of nitrogens with zero attached hydrogens (tertiary/aromatic N) is 2. The Bertz CT molecular complexity index is 666. The van der Waals surface area contributed by atoms with Gasteiger partial charge in [-0.25, -0.2) is 8.42 Å². The van der Waals surface area contributed by atoms with Gasteiger partial charge >= 0.3 is 0 Å². The van der Waals surface area contributed by atoms with Gasteiger partial charge < -0.3 is 4.90 Å². The molecular formula is C15H20Cl2N2O3S. The molecule has 0 radical (unpaired) electrons. The molecule has 0 bridgehead atoms. The van der Waals surface area contributed by atoms with Gasteiger partial charge in [-0.1, -0.05) is 30.1 Å². The Hall–Kier alpha value is -0.980. The average Bonchev–Trinajstić information content (AvgIpc) is 2.42. The second-order valence-corrected chi connectivity index (χ2v) is 8.74. The molecule has 1 amide bonds. The van der Waals surface area contributed by atoms with Gasteiger partial charge in [-0.3, -0.25) is 9.10 Å². The number of sulfonamides is 1. The maximum Gasteiger partial charge on any atom is 0.243 e. The summed E-state index contributed by atoms with van der Waals surface area (Å²) in [4.78, 5) is 14.2. The highest BCUT2D eigenvalue weighted by Crippen LogP contribution is 2.27. The molecule has 1 heterocycles. The maximum atomic E-state index is 12.5. The minimum Gasteiger partial charge on any atom is -0.341 e. The van der Waals surface area contributed by atoms with Gasteiger partial charge in [-0.2, -0.15) is 0 Å². The molecule has 0 unspecified atom stereocenters. The van der Waals surface area contributed by atoms with Crippen LogP contribution in [0.1, 0.15) is 19.8 Å². The van der Waals surface area contributed by atoms with E-state index in [1.54, 1.807) is 4.90 Å². The van der Waals surface area contributed by atoms with E-state index in [9.17, 15) is 13.2 Å². The third-order valence-corrected chi connectivity index (χ3v) is 5.53. The van der Waals surface area contributed by atoms with E-state index >= 15 is 0 Å². The lowest BCUT2D eigenvalue weighted by Gasteiger charge is -2.32. The number of hydrogen-bond acceptors (Lipinski definition) is 3. The lowest BCUT2D eigenvalue weighted by Crippen LogP contribution is -2.45. The van der Waals surface area contributed by atoms with E-state index in [4.69, 9.17) is 23.2 Å². The standard InChI is InChI=1S/C15H20Cl2N2O3S/c1-11-3-5-18(6-4-11)15(20)10-19(23(2,21)22)14-8-12(16)7-13(17)9-14/h7-9,11H,3-6,10H2,1-2H3. The van der Waals surface area contributed by atoms with E-state index in [1.807, 2.05) is 0 Å². The van der Waals surface area contributed by atoms with Crippen molar-refractivity contribution in [2.75, 3.05) is 30.2 Å². The topological polar surface area (TPSA) is 57.7 Å². The van der Waals surface area contributed by atoms with Crippen molar-refractivity contribution in [3.8, 4) is 0 Å². The molecule has 0 saturated carbocycles. The molecule has 1 aromatic carbocycles. The maximum absolute atomic E-state index is 12.5. The Balaban J connectivity index is 2.21. The molecule has 2 rings (SSSR count). The molecule has 1 saturated heterocycles. The quantitative estimate of drug-likeness (QED) is 0.808. The van der Waals surface area contributed by atoms with E-state index in [1.165, 1.54) is 18.2 Å². The Morgan fingerprint density at radius 1 is 1.22 bits per heavy atom. The van der Waals surface area contributed by atoms with E-state index in [-0.39, 0.29) is 12.5 Å². The highest BCUT2D eigenvalue weighted by molar-refractivity contribution is 7.92. The van der Waals surface area contributed by atoms with Crippen molar-refractivity contribution in [2.24, 2.45) is 5.92 Å². The molecule has 0 atom stereocenters. The Morgan fingerprint density at radius 3 is 2.22 bits per heavy atom. The number of likely N-dealkylation sites (tertiary alicyclic amines) is 1. The summed E-state index contributed by atoms with van der Waals surface area (Å²) in [6, 6.07) is 4.49. The zero-order chi connectivity index (χ0) is 17.2. The van der Waals surface area contributed by atoms with Crippen molar-refractivity contribution in [1.82, 2.24) is 4.90 Å². The predicted octanol–water partition coefficient (Wildman–Crippen LogP) is 3.02. The van der Waals surface area contributed by atoms with Crippen LogP contribution in [-0.2, 0) is 14.8 Å². The summed E-state index contributed by atoms with van der Waals surface area (Å²) < 4.78 is 25.2. The summed E-state index contributed by atoms with van der Waals surface area (Å²) in [5, 5.41) is 0.640. The van der Waals surface area contributed by atoms with E-state index in [0.29, 0.717) is 34.7 Å². The van der Waals surface area contributed by atoms with Crippen molar-refractivity contribution in [3.63, 3.8) is 0 Å². The number of amides is 1. The fraction of sp³-hybridized carbons (Fsp3) is 0.533. The Kier molecular flexibility index (Phi) is 5.81. The minimum atomic E-state index is -3.63. The minimum absolute atomic E-state index is 0.210. The van der Waals surface area contributed by atoms with Gasteiger partial charge in [-0.15, -0.1) is 0 Å². The molecule has 0 spiro atoms. The van der Waals surface area contributed by atoms with E-state index in [2.05, 4.69) is 6.92 Å². The van der Waals surface area contributed by atoms with Crippen LogP contribution >= 0.6 is 23.2 Å². The first kappa shape index (κ1) is 18.4. The fourth-order valence-corrected chi connectivity index (χ4v) is 3.91. The third kappa shape index (κ3) is 4.99. The molecular weight excluding hydrogens is 359 g/mol. The average molecular weight is 379 g/mol. The normalized spacial score (nSPS) is 16.4. The van der Waals surface area contributed by atoms with Gasteiger partial charge in [0.05, 0.1) is 11.9 Å². The van der Waals surface area contributed by atoms with E-state index in [0.717, 1.165) is 23.4 Å². The zero-order valence-corrected chi connectivity index (χ0v) is 15.5. The van der Waals surface area contributed by atoms with Crippen molar-refractivity contribution in [2.45, 2.75) is 19.8 Å². The number of hydrogen-bond donors (Lipinski definition) is 0.